The Morgan fingerprint density at radius 2 is 2.00 bits per heavy atom. The number of nitrogens with zero attached hydrogens (tertiary/aromatic N) is 2. The van der Waals surface area contributed by atoms with Gasteiger partial charge in [0.1, 0.15) is 6.54 Å². The van der Waals surface area contributed by atoms with Crippen molar-refractivity contribution in [1.29, 1.82) is 0 Å². The van der Waals surface area contributed by atoms with Gasteiger partial charge in [-0.15, -0.1) is 0 Å². The van der Waals surface area contributed by atoms with E-state index in [1.165, 1.54) is 24.8 Å². The van der Waals surface area contributed by atoms with Crippen LogP contribution in [0.2, 0.25) is 0 Å². The normalized spacial score (nSPS) is 19.3. The van der Waals surface area contributed by atoms with Gasteiger partial charge < -0.3 is 9.47 Å². The molecule has 142 valence electrons. The van der Waals surface area contributed by atoms with Crippen LogP contribution in [-0.4, -0.2) is 55.4 Å². The highest BCUT2D eigenvalue weighted by Crippen LogP contribution is 2.24. The molecule has 1 N–H and O–H groups in total. The van der Waals surface area contributed by atoms with Gasteiger partial charge in [-0.1, -0.05) is 0 Å². The van der Waals surface area contributed by atoms with E-state index >= 15 is 0 Å². The summed E-state index contributed by atoms with van der Waals surface area (Å²) in [4.78, 5) is 14.2. The summed E-state index contributed by atoms with van der Waals surface area (Å²) in [5.74, 6) is -0.374. The van der Waals surface area contributed by atoms with Crippen molar-refractivity contribution in [3.8, 4) is 0 Å². The molecule has 1 saturated heterocycles. The van der Waals surface area contributed by atoms with E-state index in [0.29, 0.717) is 25.1 Å². The van der Waals surface area contributed by atoms with Crippen LogP contribution < -0.4 is 4.72 Å². The summed E-state index contributed by atoms with van der Waals surface area (Å²) < 4.78 is 64.3. The lowest BCUT2D eigenvalue weighted by molar-refractivity contribution is -0.141. The van der Waals surface area contributed by atoms with Gasteiger partial charge in [-0.3, -0.25) is 4.79 Å². The number of likely N-dealkylation sites (tertiary alicyclic amines) is 1. The highest BCUT2D eigenvalue weighted by atomic mass is 32.2. The fourth-order valence-corrected chi connectivity index (χ4v) is 3.97. The van der Waals surface area contributed by atoms with Crippen molar-refractivity contribution in [2.45, 2.75) is 45.5 Å². The maximum atomic E-state index is 12.7. The topological polar surface area (TPSA) is 71.4 Å². The zero-order valence-electron chi connectivity index (χ0n) is 14.4. The fraction of sp³-hybridized carbons (Fsp3) is 0.667. The number of aryl methyl sites for hydroxylation is 1. The maximum absolute atomic E-state index is 12.7. The summed E-state index contributed by atoms with van der Waals surface area (Å²) in [7, 11) is -3.39. The number of halogens is 3. The number of alkyl halides is 3. The van der Waals surface area contributed by atoms with Crippen LogP contribution in [0.3, 0.4) is 0 Å². The molecule has 2 rings (SSSR count). The van der Waals surface area contributed by atoms with E-state index in [9.17, 15) is 26.4 Å². The number of nitrogens with one attached hydrogen (secondary N) is 1. The molecule has 2 heterocycles. The number of hydrogen-bond donors (Lipinski definition) is 1. The second-order valence-corrected chi connectivity index (χ2v) is 8.25. The van der Waals surface area contributed by atoms with Crippen molar-refractivity contribution in [3.05, 3.63) is 23.0 Å². The van der Waals surface area contributed by atoms with Crippen LogP contribution in [0.1, 0.15) is 34.6 Å². The predicted molar refractivity (Wildman–Crippen MR) is 86.9 cm³/mol. The second-order valence-electron chi connectivity index (χ2n) is 6.47. The van der Waals surface area contributed by atoms with Gasteiger partial charge in [0.15, 0.2) is 0 Å². The molecule has 1 unspecified atom stereocenters. The van der Waals surface area contributed by atoms with E-state index in [1.54, 1.807) is 0 Å². The Balaban J connectivity index is 2.19. The fourth-order valence-electron chi connectivity index (χ4n) is 3.17. The van der Waals surface area contributed by atoms with Crippen molar-refractivity contribution in [1.82, 2.24) is 14.2 Å². The number of aromatic nitrogens is 1. The van der Waals surface area contributed by atoms with E-state index in [4.69, 9.17) is 0 Å². The van der Waals surface area contributed by atoms with E-state index in [-0.39, 0.29) is 29.8 Å². The first kappa shape index (κ1) is 19.8. The monoisotopic (exact) mass is 381 g/mol. The van der Waals surface area contributed by atoms with Gasteiger partial charge in [-0.2, -0.15) is 13.2 Å². The lowest BCUT2D eigenvalue weighted by Crippen LogP contribution is -2.49. The van der Waals surface area contributed by atoms with E-state index in [2.05, 4.69) is 4.72 Å². The van der Waals surface area contributed by atoms with Crippen LogP contribution >= 0.6 is 0 Å². The van der Waals surface area contributed by atoms with Crippen LogP contribution in [0.25, 0.3) is 0 Å². The average Bonchev–Trinajstić information content (AvgIpc) is 2.71. The molecule has 1 aromatic heterocycles. The standard InChI is InChI=1S/C15H22F3N3O3S/c1-10-7-13(11(2)21(10)9-15(16,17)18)14(22)20-6-4-5-12(8-20)19-25(3,23)24/h7,12,19H,4-6,8-9H2,1-3H3. The molecule has 1 aliphatic heterocycles. The zero-order valence-corrected chi connectivity index (χ0v) is 15.2. The lowest BCUT2D eigenvalue weighted by atomic mass is 10.1. The summed E-state index contributed by atoms with van der Waals surface area (Å²) in [6.07, 6.45) is -2.08. The molecule has 0 aliphatic carbocycles. The summed E-state index contributed by atoms with van der Waals surface area (Å²) in [5.41, 5.74) is 0.848. The molecule has 0 radical (unpaired) electrons. The van der Waals surface area contributed by atoms with Gasteiger partial charge in [0.25, 0.3) is 5.91 Å². The minimum atomic E-state index is -4.37. The highest BCUT2D eigenvalue weighted by Gasteiger charge is 2.32. The second kappa shape index (κ2) is 6.99. The largest absolute Gasteiger partial charge is 0.406 e. The first-order valence-electron chi connectivity index (χ1n) is 7.87. The van der Waals surface area contributed by atoms with Gasteiger partial charge in [-0.25, -0.2) is 13.1 Å². The van der Waals surface area contributed by atoms with Crippen LogP contribution in [0, 0.1) is 13.8 Å². The van der Waals surface area contributed by atoms with Crippen LogP contribution in [0.5, 0.6) is 0 Å². The third kappa shape index (κ3) is 5.21. The Bertz CT molecular complexity index is 756. The number of rotatable bonds is 4. The van der Waals surface area contributed by atoms with Gasteiger partial charge in [0.05, 0.1) is 11.8 Å². The van der Waals surface area contributed by atoms with Gasteiger partial charge in [0.2, 0.25) is 10.0 Å². The number of piperidine rings is 1. The van der Waals surface area contributed by atoms with Crippen molar-refractivity contribution in [2.24, 2.45) is 0 Å². The van der Waals surface area contributed by atoms with Gasteiger partial charge >= 0.3 is 6.18 Å². The van der Waals surface area contributed by atoms with E-state index in [1.807, 2.05) is 0 Å². The minimum Gasteiger partial charge on any atom is -0.339 e. The lowest BCUT2D eigenvalue weighted by Gasteiger charge is -2.32. The highest BCUT2D eigenvalue weighted by molar-refractivity contribution is 7.88. The third-order valence-electron chi connectivity index (χ3n) is 4.23. The van der Waals surface area contributed by atoms with E-state index < -0.39 is 22.7 Å². The molecule has 0 bridgehead atoms. The summed E-state index contributed by atoms with van der Waals surface area (Å²) in [5, 5.41) is 0. The predicted octanol–water partition coefficient (Wildman–Crippen LogP) is 1.82. The molecule has 0 spiro atoms. The molecule has 0 saturated carbocycles. The molecular formula is C15H22F3N3O3S. The minimum absolute atomic E-state index is 0.203. The quantitative estimate of drug-likeness (QED) is 0.865. The molecule has 1 aromatic rings. The van der Waals surface area contributed by atoms with Crippen LogP contribution in [-0.2, 0) is 16.6 Å². The molecule has 1 atom stereocenters. The summed E-state index contributed by atoms with van der Waals surface area (Å²) in [6.45, 7) is 2.52. The Kier molecular flexibility index (Phi) is 5.53. The Labute approximate surface area is 145 Å². The molecule has 6 nitrogen and oxygen atoms in total. The number of hydrogen-bond acceptors (Lipinski definition) is 3. The SMILES string of the molecule is Cc1cc(C(=O)N2CCCC(NS(C)(=O)=O)C2)c(C)n1CC(F)(F)F. The van der Waals surface area contributed by atoms with Crippen molar-refractivity contribution < 1.29 is 26.4 Å². The zero-order chi connectivity index (χ0) is 19.0. The Morgan fingerprint density at radius 3 is 2.56 bits per heavy atom. The number of carbonyl (C=O) groups excluding carboxylic acids is 1. The number of sulfonamides is 1. The number of carbonyl (C=O) groups is 1. The smallest absolute Gasteiger partial charge is 0.339 e. The molecule has 1 amide bonds. The van der Waals surface area contributed by atoms with Crippen molar-refractivity contribution >= 4 is 15.9 Å². The molecule has 25 heavy (non-hydrogen) atoms. The first-order chi connectivity index (χ1) is 11.4. The van der Waals surface area contributed by atoms with Crippen molar-refractivity contribution in [3.63, 3.8) is 0 Å². The van der Waals surface area contributed by atoms with Crippen LogP contribution in [0.15, 0.2) is 6.07 Å². The Morgan fingerprint density at radius 1 is 1.36 bits per heavy atom. The molecule has 1 fully saturated rings. The van der Waals surface area contributed by atoms with Gasteiger partial charge in [0, 0.05) is 30.5 Å². The number of amides is 1. The van der Waals surface area contributed by atoms with Gasteiger partial charge in [-0.05, 0) is 32.8 Å². The summed E-state index contributed by atoms with van der Waals surface area (Å²) >= 11 is 0. The van der Waals surface area contributed by atoms with Crippen molar-refractivity contribution in [2.75, 3.05) is 19.3 Å². The first-order valence-corrected chi connectivity index (χ1v) is 9.76. The third-order valence-corrected chi connectivity index (χ3v) is 4.99. The molecular weight excluding hydrogens is 359 g/mol. The molecule has 10 heteroatoms. The van der Waals surface area contributed by atoms with E-state index in [0.717, 1.165) is 10.8 Å². The Hall–Kier alpha value is -1.55. The van der Waals surface area contributed by atoms with Crippen LogP contribution in [0.4, 0.5) is 13.2 Å². The molecule has 0 aromatic carbocycles. The summed E-state index contributed by atoms with van der Waals surface area (Å²) in [6, 6.07) is 1.07. The average molecular weight is 381 g/mol. The molecule has 1 aliphatic rings. The maximum Gasteiger partial charge on any atom is 0.406 e.